The number of nitrogens with zero attached hydrogens (tertiary/aromatic N) is 2. The van der Waals surface area contributed by atoms with E-state index in [1.54, 1.807) is 24.1 Å². The highest BCUT2D eigenvalue weighted by atomic mass is 79.9. The SMILES string of the molecule is COc1ccc(CN(CN2C(=O)C(=O)c3cccc(Br)c32)C2CC2)cc1. The van der Waals surface area contributed by atoms with Gasteiger partial charge in [0.15, 0.2) is 0 Å². The fourth-order valence-corrected chi connectivity index (χ4v) is 3.91. The molecule has 1 aliphatic heterocycles. The molecule has 2 aromatic carbocycles. The van der Waals surface area contributed by atoms with Crippen molar-refractivity contribution >= 4 is 33.3 Å². The van der Waals surface area contributed by atoms with E-state index in [4.69, 9.17) is 4.74 Å². The Hall–Kier alpha value is -2.18. The fraction of sp³-hybridized carbons (Fsp3) is 0.300. The van der Waals surface area contributed by atoms with E-state index < -0.39 is 11.7 Å². The molecule has 1 aliphatic carbocycles. The molecule has 134 valence electrons. The van der Waals surface area contributed by atoms with E-state index in [1.807, 2.05) is 30.3 Å². The second-order valence-electron chi connectivity index (χ2n) is 6.67. The minimum absolute atomic E-state index is 0.414. The Morgan fingerprint density at radius 2 is 1.88 bits per heavy atom. The molecule has 4 rings (SSSR count). The van der Waals surface area contributed by atoms with Gasteiger partial charge in [-0.15, -0.1) is 0 Å². The molecule has 26 heavy (non-hydrogen) atoms. The number of fused-ring (bicyclic) bond motifs is 1. The van der Waals surface area contributed by atoms with Gasteiger partial charge in [-0.1, -0.05) is 18.2 Å². The summed E-state index contributed by atoms with van der Waals surface area (Å²) in [6.45, 7) is 1.14. The predicted molar refractivity (Wildman–Crippen MR) is 102 cm³/mol. The molecular formula is C20H19BrN2O3. The standard InChI is InChI=1S/C20H19BrN2O3/c1-26-15-9-5-13(6-10-15)11-22(14-7-8-14)12-23-18-16(19(24)20(23)25)3-2-4-17(18)21/h2-6,9-10,14H,7-8,11-12H2,1H3. The van der Waals surface area contributed by atoms with Crippen molar-refractivity contribution in [2.75, 3.05) is 18.7 Å². The third kappa shape index (κ3) is 3.15. The summed E-state index contributed by atoms with van der Waals surface area (Å²) < 4.78 is 5.98. The summed E-state index contributed by atoms with van der Waals surface area (Å²) >= 11 is 3.49. The summed E-state index contributed by atoms with van der Waals surface area (Å²) in [7, 11) is 1.65. The van der Waals surface area contributed by atoms with Crippen molar-refractivity contribution in [1.29, 1.82) is 0 Å². The van der Waals surface area contributed by atoms with Gasteiger partial charge < -0.3 is 4.74 Å². The lowest BCUT2D eigenvalue weighted by Crippen LogP contribution is -2.41. The van der Waals surface area contributed by atoms with Gasteiger partial charge in [-0.2, -0.15) is 0 Å². The highest BCUT2D eigenvalue weighted by molar-refractivity contribution is 9.10. The number of halogens is 1. The summed E-state index contributed by atoms with van der Waals surface area (Å²) in [4.78, 5) is 28.7. The summed E-state index contributed by atoms with van der Waals surface area (Å²) in [5, 5.41) is 0. The molecule has 0 bridgehead atoms. The predicted octanol–water partition coefficient (Wildman–Crippen LogP) is 3.61. The lowest BCUT2D eigenvalue weighted by Gasteiger charge is -2.28. The molecule has 1 fully saturated rings. The summed E-state index contributed by atoms with van der Waals surface area (Å²) in [5.41, 5.74) is 2.32. The van der Waals surface area contributed by atoms with Gasteiger partial charge in [-0.05, 0) is 58.6 Å². The van der Waals surface area contributed by atoms with E-state index in [0.29, 0.717) is 24.0 Å². The molecular weight excluding hydrogens is 396 g/mol. The van der Waals surface area contributed by atoms with E-state index in [2.05, 4.69) is 20.8 Å². The van der Waals surface area contributed by atoms with E-state index in [0.717, 1.165) is 35.2 Å². The zero-order valence-corrected chi connectivity index (χ0v) is 16.0. The van der Waals surface area contributed by atoms with Gasteiger partial charge in [0.05, 0.1) is 25.0 Å². The number of ketones is 1. The minimum Gasteiger partial charge on any atom is -0.497 e. The number of Topliss-reactive ketones (excluding diaryl/α,β-unsaturated/α-hetero) is 1. The average Bonchev–Trinajstić information content (AvgIpc) is 3.46. The molecule has 1 saturated carbocycles. The Morgan fingerprint density at radius 3 is 2.54 bits per heavy atom. The van der Waals surface area contributed by atoms with Crippen molar-refractivity contribution < 1.29 is 14.3 Å². The van der Waals surface area contributed by atoms with Gasteiger partial charge in [0.25, 0.3) is 5.78 Å². The van der Waals surface area contributed by atoms with Gasteiger partial charge in [0.2, 0.25) is 0 Å². The average molecular weight is 415 g/mol. The number of anilines is 1. The first-order valence-corrected chi connectivity index (χ1v) is 9.39. The van der Waals surface area contributed by atoms with Crippen LogP contribution in [0.4, 0.5) is 5.69 Å². The van der Waals surface area contributed by atoms with Crippen molar-refractivity contribution in [2.45, 2.75) is 25.4 Å². The molecule has 1 heterocycles. The van der Waals surface area contributed by atoms with Gasteiger partial charge in [0.1, 0.15) is 5.75 Å². The molecule has 0 radical (unpaired) electrons. The second kappa shape index (κ2) is 6.85. The van der Waals surface area contributed by atoms with Crippen LogP contribution in [0.2, 0.25) is 0 Å². The lowest BCUT2D eigenvalue weighted by atomic mass is 10.1. The quantitative estimate of drug-likeness (QED) is 0.677. The monoisotopic (exact) mass is 414 g/mol. The van der Waals surface area contributed by atoms with E-state index in [1.165, 1.54) is 0 Å². The number of benzene rings is 2. The Labute approximate surface area is 160 Å². The minimum atomic E-state index is -0.452. The smallest absolute Gasteiger partial charge is 0.300 e. The molecule has 1 amide bonds. The van der Waals surface area contributed by atoms with Gasteiger partial charge in [-0.3, -0.25) is 19.4 Å². The summed E-state index contributed by atoms with van der Waals surface area (Å²) in [5.74, 6) is -0.0568. The number of ether oxygens (including phenoxy) is 1. The van der Waals surface area contributed by atoms with Gasteiger partial charge in [-0.25, -0.2) is 0 Å². The zero-order valence-electron chi connectivity index (χ0n) is 14.4. The first-order valence-electron chi connectivity index (χ1n) is 8.60. The molecule has 2 aliphatic rings. The van der Waals surface area contributed by atoms with Crippen molar-refractivity contribution in [3.8, 4) is 5.75 Å². The lowest BCUT2D eigenvalue weighted by molar-refractivity contribution is -0.114. The van der Waals surface area contributed by atoms with Crippen LogP contribution < -0.4 is 9.64 Å². The van der Waals surface area contributed by atoms with Crippen LogP contribution in [0.5, 0.6) is 5.75 Å². The van der Waals surface area contributed by atoms with E-state index in [9.17, 15) is 9.59 Å². The molecule has 0 atom stereocenters. The molecule has 2 aromatic rings. The Bertz CT molecular complexity index is 862. The first-order chi connectivity index (χ1) is 12.6. The molecule has 6 heteroatoms. The van der Waals surface area contributed by atoms with Crippen LogP contribution in [0.15, 0.2) is 46.9 Å². The number of para-hydroxylation sites is 1. The highest BCUT2D eigenvalue weighted by Crippen LogP contribution is 2.37. The number of methoxy groups -OCH3 is 1. The molecule has 0 aromatic heterocycles. The molecule has 0 unspecified atom stereocenters. The van der Waals surface area contributed by atoms with Crippen LogP contribution in [-0.2, 0) is 11.3 Å². The van der Waals surface area contributed by atoms with Gasteiger partial charge >= 0.3 is 5.91 Å². The molecule has 5 nitrogen and oxygen atoms in total. The first kappa shape index (κ1) is 17.2. The molecule has 0 spiro atoms. The third-order valence-electron chi connectivity index (χ3n) is 4.87. The van der Waals surface area contributed by atoms with Crippen LogP contribution in [0.1, 0.15) is 28.8 Å². The maximum absolute atomic E-state index is 12.5. The summed E-state index contributed by atoms with van der Waals surface area (Å²) in [6, 6.07) is 13.8. The Morgan fingerprint density at radius 1 is 1.15 bits per heavy atom. The highest BCUT2D eigenvalue weighted by Gasteiger charge is 2.40. The molecule has 0 saturated heterocycles. The van der Waals surface area contributed by atoms with Crippen LogP contribution in [-0.4, -0.2) is 36.4 Å². The normalized spacial score (nSPS) is 16.3. The number of carbonyl (C=O) groups excluding carboxylic acids is 2. The Balaban J connectivity index is 1.57. The van der Waals surface area contributed by atoms with Crippen molar-refractivity contribution in [3.05, 3.63) is 58.1 Å². The number of hydrogen-bond donors (Lipinski definition) is 0. The van der Waals surface area contributed by atoms with Crippen LogP contribution in [0.25, 0.3) is 0 Å². The van der Waals surface area contributed by atoms with Crippen molar-refractivity contribution in [3.63, 3.8) is 0 Å². The maximum atomic E-state index is 12.5. The largest absolute Gasteiger partial charge is 0.497 e. The van der Waals surface area contributed by atoms with Crippen molar-refractivity contribution in [1.82, 2.24) is 4.90 Å². The number of carbonyl (C=O) groups is 2. The van der Waals surface area contributed by atoms with Crippen LogP contribution in [0, 0.1) is 0 Å². The Kier molecular flexibility index (Phi) is 4.54. The van der Waals surface area contributed by atoms with E-state index >= 15 is 0 Å². The van der Waals surface area contributed by atoms with Crippen LogP contribution >= 0.6 is 15.9 Å². The summed E-state index contributed by atoms with van der Waals surface area (Å²) in [6.07, 6.45) is 2.24. The zero-order chi connectivity index (χ0) is 18.3. The van der Waals surface area contributed by atoms with E-state index in [-0.39, 0.29) is 0 Å². The topological polar surface area (TPSA) is 49.9 Å². The maximum Gasteiger partial charge on any atom is 0.300 e. The second-order valence-corrected chi connectivity index (χ2v) is 7.52. The van der Waals surface area contributed by atoms with Crippen LogP contribution in [0.3, 0.4) is 0 Å². The van der Waals surface area contributed by atoms with Crippen molar-refractivity contribution in [2.24, 2.45) is 0 Å². The number of hydrogen-bond acceptors (Lipinski definition) is 4. The third-order valence-corrected chi connectivity index (χ3v) is 5.51. The fourth-order valence-electron chi connectivity index (χ4n) is 3.33. The molecule has 0 N–H and O–H groups in total. The number of amides is 1. The number of rotatable bonds is 6. The van der Waals surface area contributed by atoms with Gasteiger partial charge in [0, 0.05) is 17.1 Å².